The van der Waals surface area contributed by atoms with Gasteiger partial charge in [0.2, 0.25) is 11.8 Å². The highest BCUT2D eigenvalue weighted by atomic mass is 19.1. The number of halogens is 1. The number of piperidine rings is 1. The van der Waals surface area contributed by atoms with Gasteiger partial charge >= 0.3 is 0 Å². The van der Waals surface area contributed by atoms with E-state index in [1.807, 2.05) is 12.1 Å². The first-order valence-electron chi connectivity index (χ1n) is 10.4. The number of aryl methyl sites for hydroxylation is 1. The zero-order valence-electron chi connectivity index (χ0n) is 16.9. The summed E-state index contributed by atoms with van der Waals surface area (Å²) in [6, 6.07) is 16.6. The molecule has 0 aliphatic carbocycles. The summed E-state index contributed by atoms with van der Waals surface area (Å²) in [6.45, 7) is 2.15. The van der Waals surface area contributed by atoms with Crippen molar-refractivity contribution in [3.63, 3.8) is 0 Å². The molecule has 1 atom stereocenters. The van der Waals surface area contributed by atoms with Crippen LogP contribution in [0, 0.1) is 11.7 Å². The van der Waals surface area contributed by atoms with Crippen LogP contribution in [0.5, 0.6) is 0 Å². The number of nitrogens with one attached hydrogen (secondary N) is 1. The highest BCUT2D eigenvalue weighted by Crippen LogP contribution is 2.20. The third-order valence-corrected chi connectivity index (χ3v) is 5.69. The number of likely N-dealkylation sites (tertiary alicyclic amines) is 1. The molecular formula is C24H26FN3O2. The van der Waals surface area contributed by atoms with Crippen molar-refractivity contribution in [2.24, 2.45) is 5.92 Å². The minimum absolute atomic E-state index is 0.0101. The number of carbonyl (C=O) groups is 2. The van der Waals surface area contributed by atoms with Crippen LogP contribution >= 0.6 is 0 Å². The van der Waals surface area contributed by atoms with Crippen LogP contribution in [0.1, 0.15) is 24.8 Å². The Kier molecular flexibility index (Phi) is 6.12. The first kappa shape index (κ1) is 20.1. The zero-order valence-corrected chi connectivity index (χ0v) is 16.9. The molecule has 4 rings (SSSR count). The summed E-state index contributed by atoms with van der Waals surface area (Å²) in [6.07, 6.45) is 3.82. The summed E-state index contributed by atoms with van der Waals surface area (Å²) in [4.78, 5) is 26.5. The molecule has 0 saturated carbocycles. The van der Waals surface area contributed by atoms with Crippen molar-refractivity contribution in [3.05, 3.63) is 72.2 Å². The molecular weight excluding hydrogens is 381 g/mol. The van der Waals surface area contributed by atoms with Gasteiger partial charge in [0.1, 0.15) is 5.82 Å². The molecule has 156 valence electrons. The van der Waals surface area contributed by atoms with Crippen LogP contribution in [-0.2, 0) is 22.7 Å². The average molecular weight is 407 g/mol. The number of carbonyl (C=O) groups excluding carboxylic acids is 2. The molecule has 1 aliphatic heterocycles. The zero-order chi connectivity index (χ0) is 20.9. The molecule has 30 heavy (non-hydrogen) atoms. The van der Waals surface area contributed by atoms with E-state index in [1.54, 1.807) is 17.0 Å². The summed E-state index contributed by atoms with van der Waals surface area (Å²) in [5.74, 6) is -0.530. The van der Waals surface area contributed by atoms with E-state index >= 15 is 0 Å². The van der Waals surface area contributed by atoms with E-state index in [4.69, 9.17) is 0 Å². The molecule has 2 aromatic carbocycles. The molecule has 0 spiro atoms. The van der Waals surface area contributed by atoms with Crippen molar-refractivity contribution in [2.45, 2.75) is 32.4 Å². The second-order valence-electron chi connectivity index (χ2n) is 7.85. The second kappa shape index (κ2) is 9.11. The van der Waals surface area contributed by atoms with Crippen LogP contribution in [0.15, 0.2) is 60.8 Å². The second-order valence-corrected chi connectivity index (χ2v) is 7.85. The van der Waals surface area contributed by atoms with Crippen molar-refractivity contribution in [1.29, 1.82) is 0 Å². The fourth-order valence-electron chi connectivity index (χ4n) is 4.08. The molecule has 2 amide bonds. The van der Waals surface area contributed by atoms with Crippen LogP contribution in [0.25, 0.3) is 10.9 Å². The number of hydrogen-bond donors (Lipinski definition) is 1. The first-order valence-corrected chi connectivity index (χ1v) is 10.4. The number of aromatic nitrogens is 1. The molecule has 1 aliphatic rings. The lowest BCUT2D eigenvalue weighted by molar-refractivity contribution is -0.138. The molecule has 0 radical (unpaired) electrons. The van der Waals surface area contributed by atoms with E-state index in [1.165, 1.54) is 23.0 Å². The molecule has 0 unspecified atom stereocenters. The summed E-state index contributed by atoms with van der Waals surface area (Å²) in [5.41, 5.74) is 1.94. The third-order valence-electron chi connectivity index (χ3n) is 5.69. The van der Waals surface area contributed by atoms with Crippen LogP contribution in [-0.4, -0.2) is 34.4 Å². The van der Waals surface area contributed by atoms with Crippen molar-refractivity contribution >= 4 is 22.7 Å². The van der Waals surface area contributed by atoms with Crippen LogP contribution in [0.3, 0.4) is 0 Å². The van der Waals surface area contributed by atoms with Crippen LogP contribution < -0.4 is 5.32 Å². The lowest BCUT2D eigenvalue weighted by Gasteiger charge is -2.32. The topological polar surface area (TPSA) is 54.3 Å². The lowest BCUT2D eigenvalue weighted by Crippen LogP contribution is -2.45. The van der Waals surface area contributed by atoms with Gasteiger partial charge in [-0.05, 0) is 48.1 Å². The van der Waals surface area contributed by atoms with Crippen molar-refractivity contribution in [1.82, 2.24) is 14.8 Å². The minimum Gasteiger partial charge on any atom is -0.356 e. The summed E-state index contributed by atoms with van der Waals surface area (Å²) >= 11 is 0. The van der Waals surface area contributed by atoms with Gasteiger partial charge in [0.15, 0.2) is 0 Å². The Morgan fingerprint density at radius 1 is 1.13 bits per heavy atom. The van der Waals surface area contributed by atoms with Crippen molar-refractivity contribution in [2.75, 3.05) is 13.1 Å². The number of fused-ring (bicyclic) bond motifs is 1. The summed E-state index contributed by atoms with van der Waals surface area (Å²) < 4.78 is 15.6. The van der Waals surface area contributed by atoms with Crippen LogP contribution in [0.2, 0.25) is 0 Å². The molecule has 6 heteroatoms. The standard InChI is InChI=1S/C24H26FN3O2/c25-21-7-3-5-18(15-21)16-28-17-20(9-10-23(28)29)24(30)26-12-4-13-27-14-11-19-6-1-2-8-22(19)27/h1-3,5-8,11,14-15,20H,4,9-10,12-13,16-17H2,(H,26,30)/t20-/m1/s1. The predicted molar refractivity (Wildman–Crippen MR) is 114 cm³/mol. The molecule has 3 aromatic rings. The quantitative estimate of drug-likeness (QED) is 0.607. The monoisotopic (exact) mass is 407 g/mol. The molecule has 1 N–H and O–H groups in total. The molecule has 5 nitrogen and oxygen atoms in total. The largest absolute Gasteiger partial charge is 0.356 e. The Morgan fingerprint density at radius 3 is 2.87 bits per heavy atom. The average Bonchev–Trinajstić information content (AvgIpc) is 3.16. The fourth-order valence-corrected chi connectivity index (χ4v) is 4.08. The number of benzene rings is 2. The van der Waals surface area contributed by atoms with Gasteiger partial charge in [-0.1, -0.05) is 30.3 Å². The third kappa shape index (κ3) is 4.70. The lowest BCUT2D eigenvalue weighted by atomic mass is 9.96. The molecule has 0 bridgehead atoms. The van der Waals surface area contributed by atoms with E-state index in [-0.39, 0.29) is 23.5 Å². The van der Waals surface area contributed by atoms with Gasteiger partial charge in [-0.3, -0.25) is 9.59 Å². The van der Waals surface area contributed by atoms with Gasteiger partial charge in [0, 0.05) is 44.3 Å². The van der Waals surface area contributed by atoms with Gasteiger partial charge in [-0.2, -0.15) is 0 Å². The molecule has 2 heterocycles. The minimum atomic E-state index is -0.318. The van der Waals surface area contributed by atoms with E-state index in [2.05, 4.69) is 34.3 Å². The normalized spacial score (nSPS) is 16.8. The highest BCUT2D eigenvalue weighted by Gasteiger charge is 2.30. The van der Waals surface area contributed by atoms with Crippen molar-refractivity contribution in [3.8, 4) is 0 Å². The molecule has 1 saturated heterocycles. The summed E-state index contributed by atoms with van der Waals surface area (Å²) in [5, 5.41) is 4.24. The maximum absolute atomic E-state index is 13.4. The van der Waals surface area contributed by atoms with Gasteiger partial charge in [0.25, 0.3) is 0 Å². The fraction of sp³-hybridized carbons (Fsp3) is 0.333. The smallest absolute Gasteiger partial charge is 0.224 e. The van der Waals surface area contributed by atoms with Gasteiger partial charge in [0.05, 0.1) is 5.92 Å². The Labute approximate surface area is 175 Å². The Balaban J connectivity index is 1.26. The Hall–Kier alpha value is -3.15. The Morgan fingerprint density at radius 2 is 2.00 bits per heavy atom. The Bertz CT molecular complexity index is 1050. The number of nitrogens with zero attached hydrogens (tertiary/aromatic N) is 2. The van der Waals surface area contributed by atoms with E-state index in [0.717, 1.165) is 18.5 Å². The maximum atomic E-state index is 13.4. The summed E-state index contributed by atoms with van der Waals surface area (Å²) in [7, 11) is 0. The van der Waals surface area contributed by atoms with E-state index < -0.39 is 0 Å². The number of rotatable bonds is 7. The van der Waals surface area contributed by atoms with Gasteiger partial charge in [-0.15, -0.1) is 0 Å². The SMILES string of the molecule is O=C(NCCCn1ccc2ccccc21)[C@@H]1CCC(=O)N(Cc2cccc(F)c2)C1. The highest BCUT2D eigenvalue weighted by molar-refractivity contribution is 5.84. The number of para-hydroxylation sites is 1. The predicted octanol–water partition coefficient (Wildman–Crippen LogP) is 3.73. The van der Waals surface area contributed by atoms with Crippen molar-refractivity contribution < 1.29 is 14.0 Å². The number of amides is 2. The molecule has 1 fully saturated rings. The van der Waals surface area contributed by atoms with Gasteiger partial charge in [-0.25, -0.2) is 4.39 Å². The first-order chi connectivity index (χ1) is 14.6. The van der Waals surface area contributed by atoms with E-state index in [9.17, 15) is 14.0 Å². The molecule has 1 aromatic heterocycles. The van der Waals surface area contributed by atoms with Crippen LogP contribution in [0.4, 0.5) is 4.39 Å². The van der Waals surface area contributed by atoms with E-state index in [0.29, 0.717) is 32.5 Å². The number of hydrogen-bond acceptors (Lipinski definition) is 2. The van der Waals surface area contributed by atoms with Gasteiger partial charge < -0.3 is 14.8 Å². The maximum Gasteiger partial charge on any atom is 0.224 e.